The molecule has 0 aliphatic carbocycles. The van der Waals surface area contributed by atoms with Crippen LogP contribution >= 0.6 is 0 Å². The fourth-order valence-electron chi connectivity index (χ4n) is 3.29. The third-order valence-electron chi connectivity index (χ3n) is 4.72. The fraction of sp³-hybridized carbons (Fsp3) is 0.350. The molecule has 4 heterocycles. The minimum absolute atomic E-state index is 0.123. The molecule has 1 aliphatic rings. The molecule has 1 amide bonds. The summed E-state index contributed by atoms with van der Waals surface area (Å²) in [5, 5.41) is 2.79. The van der Waals surface area contributed by atoms with Crippen molar-refractivity contribution in [2.24, 2.45) is 0 Å². The van der Waals surface area contributed by atoms with E-state index in [0.717, 1.165) is 43.6 Å². The number of nitrogens with one attached hydrogen (secondary N) is 1. The molecule has 0 aromatic carbocycles. The molecule has 1 N–H and O–H groups in total. The van der Waals surface area contributed by atoms with Crippen molar-refractivity contribution >= 4 is 17.2 Å². The van der Waals surface area contributed by atoms with Crippen molar-refractivity contribution in [1.82, 2.24) is 14.4 Å². The van der Waals surface area contributed by atoms with Crippen molar-refractivity contribution in [3.8, 4) is 5.75 Å². The molecule has 1 saturated heterocycles. The summed E-state index contributed by atoms with van der Waals surface area (Å²) in [6, 6.07) is 4.34. The molecule has 28 heavy (non-hydrogen) atoms. The van der Waals surface area contributed by atoms with Crippen LogP contribution in [0.15, 0.2) is 36.8 Å². The van der Waals surface area contributed by atoms with Crippen LogP contribution in [0.25, 0.3) is 5.65 Å². The highest BCUT2D eigenvalue weighted by Crippen LogP contribution is 2.30. The van der Waals surface area contributed by atoms with E-state index >= 15 is 0 Å². The summed E-state index contributed by atoms with van der Waals surface area (Å²) in [7, 11) is 0. The first kappa shape index (κ1) is 18.4. The van der Waals surface area contributed by atoms with Gasteiger partial charge in [0.2, 0.25) is 0 Å². The van der Waals surface area contributed by atoms with Crippen molar-refractivity contribution in [1.29, 1.82) is 0 Å². The Labute approximate surface area is 161 Å². The number of hydrogen-bond donors (Lipinski definition) is 1. The number of hydrogen-bond acceptors (Lipinski definition) is 5. The van der Waals surface area contributed by atoms with Gasteiger partial charge in [-0.2, -0.15) is 0 Å². The maximum atomic E-state index is 13.0. The number of ether oxygens (including phenoxy) is 2. The average Bonchev–Trinajstić information content (AvgIpc) is 3.12. The largest absolute Gasteiger partial charge is 0.491 e. The molecule has 0 atom stereocenters. The summed E-state index contributed by atoms with van der Waals surface area (Å²) in [4.78, 5) is 21.0. The average molecular weight is 384 g/mol. The van der Waals surface area contributed by atoms with Crippen LogP contribution in [0.2, 0.25) is 0 Å². The molecule has 3 aromatic heterocycles. The van der Waals surface area contributed by atoms with Gasteiger partial charge < -0.3 is 19.2 Å². The lowest BCUT2D eigenvalue weighted by Gasteiger charge is -2.19. The van der Waals surface area contributed by atoms with Gasteiger partial charge in [0.15, 0.2) is 0 Å². The predicted octanol–water partition coefficient (Wildman–Crippen LogP) is 3.41. The molecule has 0 radical (unpaired) electrons. The van der Waals surface area contributed by atoms with E-state index in [1.165, 1.54) is 12.1 Å². The van der Waals surface area contributed by atoms with Crippen LogP contribution in [-0.4, -0.2) is 40.1 Å². The van der Waals surface area contributed by atoms with Crippen LogP contribution < -0.4 is 10.1 Å². The van der Waals surface area contributed by atoms with Gasteiger partial charge in [-0.05, 0) is 31.9 Å². The SMILES string of the molecule is CCOc1cc2nc(C3CCOCC3)cn2cc1NC(=O)c1ccc(F)cn1. The Hall–Kier alpha value is -3.00. The summed E-state index contributed by atoms with van der Waals surface area (Å²) in [5.74, 6) is -0.0441. The topological polar surface area (TPSA) is 77.8 Å². The lowest BCUT2D eigenvalue weighted by molar-refractivity contribution is 0.0846. The van der Waals surface area contributed by atoms with Crippen molar-refractivity contribution in [2.75, 3.05) is 25.1 Å². The van der Waals surface area contributed by atoms with E-state index in [1.807, 2.05) is 17.5 Å². The summed E-state index contributed by atoms with van der Waals surface area (Å²) in [6.07, 6.45) is 6.66. The monoisotopic (exact) mass is 384 g/mol. The Balaban J connectivity index is 1.64. The highest BCUT2D eigenvalue weighted by atomic mass is 19.1. The van der Waals surface area contributed by atoms with Crippen LogP contribution in [-0.2, 0) is 4.74 Å². The number of rotatable bonds is 5. The Bertz CT molecular complexity index is 981. The Morgan fingerprint density at radius 3 is 2.89 bits per heavy atom. The molecule has 3 aromatic rings. The van der Waals surface area contributed by atoms with E-state index in [2.05, 4.69) is 10.3 Å². The van der Waals surface area contributed by atoms with Gasteiger partial charge in [-0.15, -0.1) is 0 Å². The molecule has 0 bridgehead atoms. The smallest absolute Gasteiger partial charge is 0.274 e. The van der Waals surface area contributed by atoms with Gasteiger partial charge in [-0.3, -0.25) is 4.79 Å². The first-order chi connectivity index (χ1) is 13.6. The lowest BCUT2D eigenvalue weighted by Crippen LogP contribution is -2.15. The summed E-state index contributed by atoms with van der Waals surface area (Å²) >= 11 is 0. The van der Waals surface area contributed by atoms with E-state index in [0.29, 0.717) is 24.0 Å². The number of carbonyl (C=O) groups excluding carboxylic acids is 1. The number of nitrogens with zero attached hydrogens (tertiary/aromatic N) is 3. The van der Waals surface area contributed by atoms with E-state index in [1.54, 1.807) is 12.3 Å². The van der Waals surface area contributed by atoms with Crippen LogP contribution in [0, 0.1) is 5.82 Å². The molecule has 0 saturated carbocycles. The number of aromatic nitrogens is 3. The van der Waals surface area contributed by atoms with Gasteiger partial charge in [0, 0.05) is 37.6 Å². The van der Waals surface area contributed by atoms with Crippen molar-refractivity contribution in [2.45, 2.75) is 25.7 Å². The molecule has 8 heteroatoms. The summed E-state index contributed by atoms with van der Waals surface area (Å²) in [5.41, 5.74) is 2.39. The normalized spacial score (nSPS) is 14.9. The maximum Gasteiger partial charge on any atom is 0.274 e. The molecule has 7 nitrogen and oxygen atoms in total. The Morgan fingerprint density at radius 1 is 1.36 bits per heavy atom. The molecule has 146 valence electrons. The molecule has 0 spiro atoms. The summed E-state index contributed by atoms with van der Waals surface area (Å²) < 4.78 is 26.0. The van der Waals surface area contributed by atoms with Gasteiger partial charge >= 0.3 is 0 Å². The Morgan fingerprint density at radius 2 is 2.18 bits per heavy atom. The zero-order chi connectivity index (χ0) is 19.5. The van der Waals surface area contributed by atoms with Gasteiger partial charge in [-0.1, -0.05) is 0 Å². The van der Waals surface area contributed by atoms with Crippen molar-refractivity contribution in [3.05, 3.63) is 54.0 Å². The van der Waals surface area contributed by atoms with Crippen LogP contribution in [0.1, 0.15) is 41.9 Å². The van der Waals surface area contributed by atoms with Crippen LogP contribution in [0.5, 0.6) is 5.75 Å². The second-order valence-corrected chi connectivity index (χ2v) is 6.62. The van der Waals surface area contributed by atoms with Gasteiger partial charge in [0.1, 0.15) is 28.6 Å². The van der Waals surface area contributed by atoms with E-state index < -0.39 is 11.7 Å². The number of carbonyl (C=O) groups is 1. The first-order valence-electron chi connectivity index (χ1n) is 9.30. The first-order valence-corrected chi connectivity index (χ1v) is 9.30. The molecular weight excluding hydrogens is 363 g/mol. The highest BCUT2D eigenvalue weighted by molar-refractivity contribution is 6.03. The second kappa shape index (κ2) is 7.93. The lowest BCUT2D eigenvalue weighted by atomic mass is 9.97. The molecule has 0 unspecified atom stereocenters. The number of amides is 1. The minimum Gasteiger partial charge on any atom is -0.491 e. The number of anilines is 1. The molecule has 1 aliphatic heterocycles. The van der Waals surface area contributed by atoms with E-state index in [4.69, 9.17) is 14.5 Å². The molecule has 4 rings (SSSR count). The summed E-state index contributed by atoms with van der Waals surface area (Å²) in [6.45, 7) is 3.81. The Kier molecular flexibility index (Phi) is 5.21. The second-order valence-electron chi connectivity index (χ2n) is 6.62. The molecule has 1 fully saturated rings. The number of pyridine rings is 2. The predicted molar refractivity (Wildman–Crippen MR) is 101 cm³/mol. The number of fused-ring (bicyclic) bond motifs is 1. The fourth-order valence-corrected chi connectivity index (χ4v) is 3.29. The van der Waals surface area contributed by atoms with E-state index in [-0.39, 0.29) is 5.69 Å². The third kappa shape index (κ3) is 3.82. The van der Waals surface area contributed by atoms with Gasteiger partial charge in [-0.25, -0.2) is 14.4 Å². The van der Waals surface area contributed by atoms with Crippen LogP contribution in [0.4, 0.5) is 10.1 Å². The van der Waals surface area contributed by atoms with Gasteiger partial charge in [0.05, 0.1) is 18.5 Å². The number of imidazole rings is 1. The minimum atomic E-state index is -0.493. The zero-order valence-electron chi connectivity index (χ0n) is 15.5. The third-order valence-corrected chi connectivity index (χ3v) is 4.72. The highest BCUT2D eigenvalue weighted by Gasteiger charge is 2.20. The van der Waals surface area contributed by atoms with E-state index in [9.17, 15) is 9.18 Å². The van der Waals surface area contributed by atoms with Gasteiger partial charge in [0.25, 0.3) is 5.91 Å². The zero-order valence-corrected chi connectivity index (χ0v) is 15.5. The standard InChI is InChI=1S/C20H21FN4O3/c1-2-28-18-9-19-23-16(13-5-7-27-8-6-13)11-25(19)12-17(18)24-20(26)15-4-3-14(21)10-22-15/h3-4,9-13H,2,5-8H2,1H3,(H,24,26). The van der Waals surface area contributed by atoms with Crippen molar-refractivity contribution in [3.63, 3.8) is 0 Å². The quantitative estimate of drug-likeness (QED) is 0.729. The van der Waals surface area contributed by atoms with Crippen LogP contribution in [0.3, 0.4) is 0 Å². The maximum absolute atomic E-state index is 13.0. The van der Waals surface area contributed by atoms with Crippen molar-refractivity contribution < 1.29 is 18.7 Å². The molecular formula is C20H21FN4O3. The number of halogens is 1.